The van der Waals surface area contributed by atoms with Crippen LogP contribution in [-0.2, 0) is 4.74 Å². The Kier molecular flexibility index (Phi) is 5.64. The zero-order valence-corrected chi connectivity index (χ0v) is 14.7. The minimum Gasteiger partial charge on any atom is -0.443 e. The summed E-state index contributed by atoms with van der Waals surface area (Å²) < 4.78 is 19.6. The maximum atomic E-state index is 13.6. The second-order valence-corrected chi connectivity index (χ2v) is 5.90. The van der Waals surface area contributed by atoms with Crippen LogP contribution in [0.4, 0.5) is 9.18 Å². The van der Waals surface area contributed by atoms with Gasteiger partial charge in [-0.1, -0.05) is 13.8 Å². The van der Waals surface area contributed by atoms with Crippen molar-refractivity contribution in [3.8, 4) is 0 Å². The van der Waals surface area contributed by atoms with E-state index in [1.165, 1.54) is 19.1 Å². The number of hydrogen-bond donors (Lipinski definition) is 0. The number of carbonyl (C=O) groups excluding carboxylic acids is 1. The molecule has 0 unspecified atom stereocenters. The minimum atomic E-state index is -0.790. The second-order valence-electron chi connectivity index (χ2n) is 5.90. The monoisotopic (exact) mass is 322 g/mol. The maximum absolute atomic E-state index is 13.6. The van der Waals surface area contributed by atoms with Crippen molar-refractivity contribution in [2.24, 2.45) is 0 Å². The van der Waals surface area contributed by atoms with E-state index in [0.29, 0.717) is 5.56 Å². The molecule has 0 N–H and O–H groups in total. The number of nitrogens with zero attached hydrogens (tertiary/aromatic N) is 2. The molecule has 126 valence electrons. The zero-order valence-electron chi connectivity index (χ0n) is 14.7. The van der Waals surface area contributed by atoms with E-state index >= 15 is 0 Å². The summed E-state index contributed by atoms with van der Waals surface area (Å²) in [6.07, 6.45) is -0.790. The van der Waals surface area contributed by atoms with Gasteiger partial charge in [0.1, 0.15) is 17.2 Å². The number of aromatic nitrogens is 2. The van der Waals surface area contributed by atoms with Gasteiger partial charge in [0.2, 0.25) is 0 Å². The molecular formula is C17H23FN2O3. The summed E-state index contributed by atoms with van der Waals surface area (Å²) in [5.74, 6) is -0.283. The van der Waals surface area contributed by atoms with Crippen LogP contribution in [0.2, 0.25) is 0 Å². The molecule has 0 bridgehead atoms. The molecule has 23 heavy (non-hydrogen) atoms. The first-order chi connectivity index (χ1) is 10.6. The molecular weight excluding hydrogens is 299 g/mol. The molecule has 0 aliphatic carbocycles. The molecule has 0 radical (unpaired) electrons. The first-order valence-electron chi connectivity index (χ1n) is 7.53. The van der Waals surface area contributed by atoms with Crippen LogP contribution in [0.1, 0.15) is 46.0 Å². The number of halogens is 1. The summed E-state index contributed by atoms with van der Waals surface area (Å²) in [6.45, 7) is 12.2. The third kappa shape index (κ3) is 4.15. The Labute approximate surface area is 135 Å². The van der Waals surface area contributed by atoms with Crippen LogP contribution in [0.3, 0.4) is 0 Å². The molecule has 0 saturated heterocycles. The molecule has 1 aromatic carbocycles. The van der Waals surface area contributed by atoms with E-state index in [1.54, 1.807) is 27.7 Å². The Hall–Kier alpha value is -2.24. The average molecular weight is 322 g/mol. The Balaban J connectivity index is 0.00000127. The lowest BCUT2D eigenvalue weighted by molar-refractivity contribution is 0.0526. The Bertz CT molecular complexity index is 789. The Morgan fingerprint density at radius 3 is 2.30 bits per heavy atom. The number of hydrogen-bond acceptors (Lipinski definition) is 4. The van der Waals surface area contributed by atoms with E-state index in [1.807, 2.05) is 13.8 Å². The molecule has 0 atom stereocenters. The van der Waals surface area contributed by atoms with Crippen LogP contribution >= 0.6 is 0 Å². The molecule has 0 saturated carbocycles. The summed E-state index contributed by atoms with van der Waals surface area (Å²) >= 11 is 0. The Morgan fingerprint density at radius 2 is 1.78 bits per heavy atom. The normalized spacial score (nSPS) is 11.0. The third-order valence-corrected chi connectivity index (χ3v) is 2.89. The SMILES string of the molecule is CC.Cc1cc2c(=O)n(C(=O)OC(C)(C)C)c(C)nc2cc1F. The lowest BCUT2D eigenvalue weighted by atomic mass is 10.1. The van der Waals surface area contributed by atoms with Crippen molar-refractivity contribution in [2.75, 3.05) is 0 Å². The largest absolute Gasteiger partial charge is 0.443 e. The smallest absolute Gasteiger partial charge is 0.422 e. The van der Waals surface area contributed by atoms with Gasteiger partial charge in [0, 0.05) is 6.07 Å². The van der Waals surface area contributed by atoms with Crippen molar-refractivity contribution in [1.82, 2.24) is 9.55 Å². The predicted molar refractivity (Wildman–Crippen MR) is 88.4 cm³/mol. The standard InChI is InChI=1S/C15H17FN2O3.C2H6/c1-8-6-10-12(7-11(8)16)17-9(2)18(13(10)19)14(20)21-15(3,4)5;1-2/h6-7H,1-5H3;1-2H3. The van der Waals surface area contributed by atoms with Crippen LogP contribution in [0.25, 0.3) is 10.9 Å². The summed E-state index contributed by atoms with van der Waals surface area (Å²) in [7, 11) is 0. The van der Waals surface area contributed by atoms with Crippen molar-refractivity contribution >= 4 is 17.0 Å². The highest BCUT2D eigenvalue weighted by atomic mass is 19.1. The molecule has 2 aromatic rings. The minimum absolute atomic E-state index is 0.157. The number of ether oxygens (including phenoxy) is 1. The first kappa shape index (κ1) is 18.8. The van der Waals surface area contributed by atoms with Gasteiger partial charge in [-0.05, 0) is 46.2 Å². The van der Waals surface area contributed by atoms with Gasteiger partial charge in [0.05, 0.1) is 10.9 Å². The van der Waals surface area contributed by atoms with Gasteiger partial charge in [-0.15, -0.1) is 0 Å². The zero-order chi connectivity index (χ0) is 17.9. The molecule has 0 spiro atoms. The third-order valence-electron chi connectivity index (χ3n) is 2.89. The quantitative estimate of drug-likeness (QED) is 0.736. The maximum Gasteiger partial charge on any atom is 0.422 e. The highest BCUT2D eigenvalue weighted by Gasteiger charge is 2.22. The fraction of sp³-hybridized carbons (Fsp3) is 0.471. The summed E-state index contributed by atoms with van der Waals surface area (Å²) in [5, 5.41) is 0.186. The number of benzene rings is 1. The number of aryl methyl sites for hydroxylation is 2. The van der Waals surface area contributed by atoms with Crippen LogP contribution < -0.4 is 5.56 Å². The average Bonchev–Trinajstić information content (AvgIpc) is 2.41. The highest BCUT2D eigenvalue weighted by Crippen LogP contribution is 2.15. The van der Waals surface area contributed by atoms with Crippen LogP contribution in [0.15, 0.2) is 16.9 Å². The van der Waals surface area contributed by atoms with Gasteiger partial charge in [-0.3, -0.25) is 4.79 Å². The Morgan fingerprint density at radius 1 is 1.22 bits per heavy atom. The molecule has 0 fully saturated rings. The van der Waals surface area contributed by atoms with Gasteiger partial charge < -0.3 is 4.74 Å². The van der Waals surface area contributed by atoms with E-state index in [2.05, 4.69) is 4.98 Å². The first-order valence-corrected chi connectivity index (χ1v) is 7.53. The molecule has 6 heteroatoms. The number of fused-ring (bicyclic) bond motifs is 1. The lowest BCUT2D eigenvalue weighted by Gasteiger charge is -2.20. The fourth-order valence-corrected chi connectivity index (χ4v) is 1.95. The topological polar surface area (TPSA) is 61.2 Å². The van der Waals surface area contributed by atoms with Crippen LogP contribution in [0.5, 0.6) is 0 Å². The highest BCUT2D eigenvalue weighted by molar-refractivity contribution is 5.82. The van der Waals surface area contributed by atoms with E-state index < -0.39 is 23.1 Å². The van der Waals surface area contributed by atoms with E-state index in [-0.39, 0.29) is 16.7 Å². The second kappa shape index (κ2) is 6.89. The van der Waals surface area contributed by atoms with Crippen molar-refractivity contribution in [3.63, 3.8) is 0 Å². The van der Waals surface area contributed by atoms with Crippen LogP contribution in [-0.4, -0.2) is 21.2 Å². The fourth-order valence-electron chi connectivity index (χ4n) is 1.95. The molecule has 5 nitrogen and oxygen atoms in total. The van der Waals surface area contributed by atoms with E-state index in [0.717, 1.165) is 4.57 Å². The molecule has 2 rings (SSSR count). The number of rotatable bonds is 0. The molecule has 0 aliphatic heterocycles. The summed E-state index contributed by atoms with van der Waals surface area (Å²) in [5.41, 5.74) is -0.743. The summed E-state index contributed by atoms with van der Waals surface area (Å²) in [4.78, 5) is 28.7. The molecule has 1 aromatic heterocycles. The summed E-state index contributed by atoms with van der Waals surface area (Å²) in [6, 6.07) is 2.58. The van der Waals surface area contributed by atoms with Crippen LogP contribution in [0, 0.1) is 19.7 Å². The molecule has 1 heterocycles. The predicted octanol–water partition coefficient (Wildman–Crippen LogP) is 3.96. The number of carbonyl (C=O) groups is 1. The molecule has 0 amide bonds. The van der Waals surface area contributed by atoms with Crippen molar-refractivity contribution in [1.29, 1.82) is 0 Å². The van der Waals surface area contributed by atoms with Gasteiger partial charge in [-0.25, -0.2) is 14.2 Å². The van der Waals surface area contributed by atoms with Gasteiger partial charge >= 0.3 is 6.09 Å². The van der Waals surface area contributed by atoms with E-state index in [4.69, 9.17) is 4.74 Å². The molecule has 0 aliphatic rings. The lowest BCUT2D eigenvalue weighted by Crippen LogP contribution is -2.35. The van der Waals surface area contributed by atoms with Crippen molar-refractivity contribution in [3.05, 3.63) is 39.7 Å². The van der Waals surface area contributed by atoms with Gasteiger partial charge in [-0.2, -0.15) is 4.57 Å². The van der Waals surface area contributed by atoms with Crippen molar-refractivity contribution in [2.45, 2.75) is 54.1 Å². The van der Waals surface area contributed by atoms with Crippen molar-refractivity contribution < 1.29 is 13.9 Å². The van der Waals surface area contributed by atoms with Gasteiger partial charge in [0.15, 0.2) is 0 Å². The van der Waals surface area contributed by atoms with Gasteiger partial charge in [0.25, 0.3) is 5.56 Å². The van der Waals surface area contributed by atoms with E-state index in [9.17, 15) is 14.0 Å².